The standard InChI is InChI=1S/C22H28N2O2/c1-17(25)16-23-21(26)22(14-19-10-6-7-11-20(19)15-22)24(2)13-12-18-8-4-3-5-9-18/h3-11,17,25H,12-16H2,1-2H3,(H,23,26)/t17-/m1/s1. The number of nitrogens with zero attached hydrogens (tertiary/aromatic N) is 1. The summed E-state index contributed by atoms with van der Waals surface area (Å²) in [5.41, 5.74) is 3.17. The Morgan fingerprint density at radius 1 is 1.12 bits per heavy atom. The van der Waals surface area contributed by atoms with Crippen molar-refractivity contribution in [1.29, 1.82) is 0 Å². The van der Waals surface area contributed by atoms with Gasteiger partial charge in [-0.05, 0) is 37.1 Å². The summed E-state index contributed by atoms with van der Waals surface area (Å²) in [5.74, 6) is 0.00478. The molecular formula is C22H28N2O2. The van der Waals surface area contributed by atoms with Crippen molar-refractivity contribution in [3.63, 3.8) is 0 Å². The van der Waals surface area contributed by atoms with Crippen molar-refractivity contribution in [2.45, 2.75) is 37.8 Å². The van der Waals surface area contributed by atoms with Crippen molar-refractivity contribution in [3.8, 4) is 0 Å². The molecule has 0 heterocycles. The topological polar surface area (TPSA) is 52.6 Å². The number of hydrogen-bond acceptors (Lipinski definition) is 3. The molecule has 0 aliphatic heterocycles. The van der Waals surface area contributed by atoms with Gasteiger partial charge in [-0.3, -0.25) is 9.69 Å². The summed E-state index contributed by atoms with van der Waals surface area (Å²) in [6, 6.07) is 18.7. The van der Waals surface area contributed by atoms with Crippen LogP contribution in [-0.4, -0.2) is 47.7 Å². The largest absolute Gasteiger partial charge is 0.392 e. The van der Waals surface area contributed by atoms with Crippen molar-refractivity contribution < 1.29 is 9.90 Å². The number of rotatable bonds is 7. The molecule has 138 valence electrons. The Morgan fingerprint density at radius 3 is 2.27 bits per heavy atom. The normalized spacial score (nSPS) is 16.3. The summed E-state index contributed by atoms with van der Waals surface area (Å²) < 4.78 is 0. The zero-order valence-electron chi connectivity index (χ0n) is 15.6. The van der Waals surface area contributed by atoms with Gasteiger partial charge in [0.05, 0.1) is 6.10 Å². The summed E-state index contributed by atoms with van der Waals surface area (Å²) in [5, 5.41) is 12.5. The number of benzene rings is 2. The van der Waals surface area contributed by atoms with E-state index in [2.05, 4.69) is 34.5 Å². The van der Waals surface area contributed by atoms with E-state index >= 15 is 0 Å². The van der Waals surface area contributed by atoms with Gasteiger partial charge in [-0.15, -0.1) is 0 Å². The predicted octanol–water partition coefficient (Wildman–Crippen LogP) is 2.20. The third-order valence-corrected chi connectivity index (χ3v) is 5.37. The van der Waals surface area contributed by atoms with Crippen LogP contribution in [0.5, 0.6) is 0 Å². The summed E-state index contributed by atoms with van der Waals surface area (Å²) >= 11 is 0. The second kappa shape index (κ2) is 8.02. The molecule has 4 heteroatoms. The number of fused-ring (bicyclic) bond motifs is 1. The Labute approximate surface area is 155 Å². The molecule has 2 aromatic rings. The van der Waals surface area contributed by atoms with Crippen molar-refractivity contribution in [1.82, 2.24) is 10.2 Å². The molecule has 0 unspecified atom stereocenters. The van der Waals surface area contributed by atoms with Gasteiger partial charge in [0, 0.05) is 25.9 Å². The molecule has 4 nitrogen and oxygen atoms in total. The quantitative estimate of drug-likeness (QED) is 0.803. The maximum Gasteiger partial charge on any atom is 0.241 e. The first kappa shape index (κ1) is 18.6. The molecule has 1 aliphatic carbocycles. The molecule has 0 bridgehead atoms. The minimum absolute atomic E-state index is 0.00478. The molecule has 3 rings (SSSR count). The molecule has 0 saturated carbocycles. The molecule has 26 heavy (non-hydrogen) atoms. The van der Waals surface area contributed by atoms with Gasteiger partial charge in [0.1, 0.15) is 5.54 Å². The molecule has 0 saturated heterocycles. The van der Waals surface area contributed by atoms with Crippen LogP contribution in [0.2, 0.25) is 0 Å². The number of hydrogen-bond donors (Lipinski definition) is 2. The molecule has 1 aliphatic rings. The van der Waals surface area contributed by atoms with Gasteiger partial charge in [-0.25, -0.2) is 0 Å². The van der Waals surface area contributed by atoms with Crippen LogP contribution in [0.4, 0.5) is 0 Å². The van der Waals surface area contributed by atoms with Gasteiger partial charge in [-0.2, -0.15) is 0 Å². The minimum Gasteiger partial charge on any atom is -0.392 e. The maximum atomic E-state index is 13.1. The van der Waals surface area contributed by atoms with E-state index in [4.69, 9.17) is 0 Å². The number of amides is 1. The highest BCUT2D eigenvalue weighted by atomic mass is 16.3. The number of carbonyl (C=O) groups is 1. The fourth-order valence-electron chi connectivity index (χ4n) is 3.76. The van der Waals surface area contributed by atoms with E-state index in [1.807, 2.05) is 37.4 Å². The van der Waals surface area contributed by atoms with Crippen molar-refractivity contribution >= 4 is 5.91 Å². The smallest absolute Gasteiger partial charge is 0.241 e. The number of carbonyl (C=O) groups excluding carboxylic acids is 1. The van der Waals surface area contributed by atoms with Crippen LogP contribution >= 0.6 is 0 Å². The van der Waals surface area contributed by atoms with E-state index in [0.29, 0.717) is 12.8 Å². The van der Waals surface area contributed by atoms with Crippen LogP contribution in [0, 0.1) is 0 Å². The van der Waals surface area contributed by atoms with E-state index < -0.39 is 11.6 Å². The predicted molar refractivity (Wildman–Crippen MR) is 104 cm³/mol. The molecule has 0 radical (unpaired) electrons. The van der Waals surface area contributed by atoms with Gasteiger partial charge in [0.25, 0.3) is 0 Å². The number of aliphatic hydroxyl groups excluding tert-OH is 1. The lowest BCUT2D eigenvalue weighted by atomic mass is 9.91. The average Bonchev–Trinajstić information content (AvgIpc) is 3.06. The summed E-state index contributed by atoms with van der Waals surface area (Å²) in [6.07, 6.45) is 1.77. The second-order valence-corrected chi connectivity index (χ2v) is 7.37. The van der Waals surface area contributed by atoms with Crippen LogP contribution < -0.4 is 5.32 Å². The lowest BCUT2D eigenvalue weighted by Gasteiger charge is -2.37. The Morgan fingerprint density at radius 2 is 1.69 bits per heavy atom. The van der Waals surface area contributed by atoms with E-state index in [1.54, 1.807) is 6.92 Å². The highest BCUT2D eigenvalue weighted by Crippen LogP contribution is 2.34. The fraction of sp³-hybridized carbons (Fsp3) is 0.409. The third-order valence-electron chi connectivity index (χ3n) is 5.37. The number of likely N-dealkylation sites (N-methyl/N-ethyl adjacent to an activating group) is 1. The van der Waals surface area contributed by atoms with Gasteiger partial charge in [0.2, 0.25) is 5.91 Å². The van der Waals surface area contributed by atoms with E-state index in [0.717, 1.165) is 13.0 Å². The summed E-state index contributed by atoms with van der Waals surface area (Å²) in [4.78, 5) is 15.3. The Hall–Kier alpha value is -2.17. The molecule has 2 aromatic carbocycles. The first-order chi connectivity index (χ1) is 12.5. The lowest BCUT2D eigenvalue weighted by Crippen LogP contribution is -2.59. The SMILES string of the molecule is C[C@@H](O)CNC(=O)C1(N(C)CCc2ccccc2)Cc2ccccc2C1. The van der Waals surface area contributed by atoms with Crippen LogP contribution in [0.3, 0.4) is 0 Å². The fourth-order valence-corrected chi connectivity index (χ4v) is 3.76. The molecule has 0 aromatic heterocycles. The summed E-state index contributed by atoms with van der Waals surface area (Å²) in [7, 11) is 2.04. The Bertz CT molecular complexity index is 718. The van der Waals surface area contributed by atoms with Crippen LogP contribution in [0.1, 0.15) is 23.6 Å². The molecule has 0 fully saturated rings. The molecular weight excluding hydrogens is 324 g/mol. The second-order valence-electron chi connectivity index (χ2n) is 7.37. The van der Waals surface area contributed by atoms with Gasteiger partial charge < -0.3 is 10.4 Å². The zero-order chi connectivity index (χ0) is 18.6. The third kappa shape index (κ3) is 3.97. The van der Waals surface area contributed by atoms with E-state index in [9.17, 15) is 9.90 Å². The van der Waals surface area contributed by atoms with Gasteiger partial charge in [0.15, 0.2) is 0 Å². The highest BCUT2D eigenvalue weighted by Gasteiger charge is 2.46. The van der Waals surface area contributed by atoms with Crippen LogP contribution in [0.25, 0.3) is 0 Å². The summed E-state index contributed by atoms with van der Waals surface area (Å²) in [6.45, 7) is 2.78. The number of aliphatic hydroxyl groups is 1. The average molecular weight is 352 g/mol. The van der Waals surface area contributed by atoms with Gasteiger partial charge >= 0.3 is 0 Å². The Kier molecular flexibility index (Phi) is 5.74. The van der Waals surface area contributed by atoms with Crippen molar-refractivity contribution in [2.24, 2.45) is 0 Å². The molecule has 1 atom stereocenters. The van der Waals surface area contributed by atoms with E-state index in [1.165, 1.54) is 16.7 Å². The number of nitrogens with one attached hydrogen (secondary N) is 1. The zero-order valence-corrected chi connectivity index (χ0v) is 15.6. The van der Waals surface area contributed by atoms with Crippen molar-refractivity contribution in [2.75, 3.05) is 20.1 Å². The Balaban J connectivity index is 1.78. The van der Waals surface area contributed by atoms with Crippen molar-refractivity contribution in [3.05, 3.63) is 71.3 Å². The molecule has 0 spiro atoms. The first-order valence-corrected chi connectivity index (χ1v) is 9.29. The van der Waals surface area contributed by atoms with Crippen LogP contribution in [0.15, 0.2) is 54.6 Å². The molecule has 1 amide bonds. The van der Waals surface area contributed by atoms with Crippen LogP contribution in [-0.2, 0) is 24.1 Å². The lowest BCUT2D eigenvalue weighted by molar-refractivity contribution is -0.132. The monoisotopic (exact) mass is 352 g/mol. The highest BCUT2D eigenvalue weighted by molar-refractivity contribution is 5.88. The van der Waals surface area contributed by atoms with Gasteiger partial charge in [-0.1, -0.05) is 54.6 Å². The molecule has 2 N–H and O–H groups in total. The minimum atomic E-state index is -0.590. The maximum absolute atomic E-state index is 13.1. The first-order valence-electron chi connectivity index (χ1n) is 9.29. The van der Waals surface area contributed by atoms with E-state index in [-0.39, 0.29) is 12.5 Å².